The summed E-state index contributed by atoms with van der Waals surface area (Å²) in [7, 11) is -3.13. The van der Waals surface area contributed by atoms with Gasteiger partial charge in [0.25, 0.3) is 0 Å². The van der Waals surface area contributed by atoms with Crippen molar-refractivity contribution in [3.05, 3.63) is 0 Å². The summed E-state index contributed by atoms with van der Waals surface area (Å²) < 4.78 is 26.1. The van der Waals surface area contributed by atoms with Crippen LogP contribution in [-0.4, -0.2) is 42.8 Å². The van der Waals surface area contributed by atoms with E-state index in [1.165, 1.54) is 0 Å². The van der Waals surface area contributed by atoms with E-state index in [1.54, 1.807) is 4.31 Å². The van der Waals surface area contributed by atoms with Crippen molar-refractivity contribution in [2.24, 2.45) is 5.92 Å². The van der Waals surface area contributed by atoms with E-state index in [1.807, 2.05) is 13.8 Å². The van der Waals surface area contributed by atoms with Crippen molar-refractivity contribution in [3.63, 3.8) is 0 Å². The van der Waals surface area contributed by atoms with Gasteiger partial charge in [-0.2, -0.15) is 4.31 Å². The van der Waals surface area contributed by atoms with Gasteiger partial charge in [0.1, 0.15) is 0 Å². The Labute approximate surface area is 105 Å². The van der Waals surface area contributed by atoms with Gasteiger partial charge in [0, 0.05) is 19.2 Å². The van der Waals surface area contributed by atoms with E-state index in [-0.39, 0.29) is 18.4 Å². The molecule has 0 saturated carbocycles. The molecule has 4 nitrogen and oxygen atoms in total. The van der Waals surface area contributed by atoms with E-state index in [4.69, 9.17) is 5.11 Å². The number of hydrogen-bond donors (Lipinski definition) is 1. The molecule has 1 heterocycles. The molecule has 5 heteroatoms. The fourth-order valence-electron chi connectivity index (χ4n) is 2.28. The van der Waals surface area contributed by atoms with Gasteiger partial charge in [-0.1, -0.05) is 20.3 Å². The smallest absolute Gasteiger partial charge is 0.214 e. The molecule has 1 N–H and O–H groups in total. The van der Waals surface area contributed by atoms with Gasteiger partial charge in [0.2, 0.25) is 10.0 Å². The predicted molar refractivity (Wildman–Crippen MR) is 69.3 cm³/mol. The molecular weight excluding hydrogens is 238 g/mol. The second kappa shape index (κ2) is 6.71. The van der Waals surface area contributed by atoms with Gasteiger partial charge in [0.05, 0.1) is 5.75 Å². The second-order valence-corrected chi connectivity index (χ2v) is 7.31. The molecule has 0 aliphatic carbocycles. The van der Waals surface area contributed by atoms with Crippen LogP contribution >= 0.6 is 0 Å². The summed E-state index contributed by atoms with van der Waals surface area (Å²) in [6.45, 7) is 4.78. The van der Waals surface area contributed by atoms with Crippen LogP contribution in [0.4, 0.5) is 0 Å². The highest BCUT2D eigenvalue weighted by molar-refractivity contribution is 7.89. The average molecular weight is 263 g/mol. The van der Waals surface area contributed by atoms with Gasteiger partial charge >= 0.3 is 0 Å². The molecule has 17 heavy (non-hydrogen) atoms. The van der Waals surface area contributed by atoms with Crippen LogP contribution in [0.5, 0.6) is 0 Å². The molecule has 0 aromatic rings. The van der Waals surface area contributed by atoms with E-state index in [9.17, 15) is 8.42 Å². The van der Waals surface area contributed by atoms with Gasteiger partial charge < -0.3 is 5.11 Å². The van der Waals surface area contributed by atoms with Crippen molar-refractivity contribution in [3.8, 4) is 0 Å². The lowest BCUT2D eigenvalue weighted by Crippen LogP contribution is -2.45. The van der Waals surface area contributed by atoms with Crippen LogP contribution < -0.4 is 0 Å². The molecule has 0 aromatic carbocycles. The molecule has 0 bridgehead atoms. The van der Waals surface area contributed by atoms with Crippen molar-refractivity contribution >= 4 is 10.0 Å². The van der Waals surface area contributed by atoms with Crippen LogP contribution in [0.2, 0.25) is 0 Å². The number of sulfonamides is 1. The molecule has 1 unspecified atom stereocenters. The van der Waals surface area contributed by atoms with E-state index < -0.39 is 10.0 Å². The van der Waals surface area contributed by atoms with Crippen molar-refractivity contribution in [1.82, 2.24) is 4.31 Å². The maximum absolute atomic E-state index is 12.2. The largest absolute Gasteiger partial charge is 0.396 e. The van der Waals surface area contributed by atoms with E-state index in [2.05, 4.69) is 0 Å². The Morgan fingerprint density at radius 2 is 2.06 bits per heavy atom. The van der Waals surface area contributed by atoms with E-state index >= 15 is 0 Å². The molecule has 1 fully saturated rings. The molecule has 1 atom stereocenters. The molecule has 0 amide bonds. The molecule has 102 valence electrons. The zero-order chi connectivity index (χ0) is 12.9. The minimum absolute atomic E-state index is 0.0194. The number of piperidine rings is 1. The van der Waals surface area contributed by atoms with Crippen LogP contribution in [0.15, 0.2) is 0 Å². The minimum atomic E-state index is -3.13. The molecule has 0 spiro atoms. The number of rotatable bonds is 6. The summed E-state index contributed by atoms with van der Waals surface area (Å²) in [5, 5.41) is 9.00. The summed E-state index contributed by atoms with van der Waals surface area (Å²) in [6, 6.07) is 0.0194. The zero-order valence-corrected chi connectivity index (χ0v) is 11.7. The van der Waals surface area contributed by atoms with Gasteiger partial charge in [-0.15, -0.1) is 0 Å². The highest BCUT2D eigenvalue weighted by Gasteiger charge is 2.31. The quantitative estimate of drug-likeness (QED) is 0.792. The second-order valence-electron chi connectivity index (χ2n) is 5.27. The number of aliphatic hydroxyl groups is 1. The third kappa shape index (κ3) is 4.56. The SMILES string of the molecule is CC(C)CCS(=O)(=O)N1CCCCC1CCO. The lowest BCUT2D eigenvalue weighted by molar-refractivity contribution is 0.192. The summed E-state index contributed by atoms with van der Waals surface area (Å²) in [4.78, 5) is 0. The van der Waals surface area contributed by atoms with Crippen molar-refractivity contribution in [2.45, 2.75) is 52.0 Å². The van der Waals surface area contributed by atoms with Gasteiger partial charge in [-0.25, -0.2) is 8.42 Å². The molecule has 0 aromatic heterocycles. The lowest BCUT2D eigenvalue weighted by Gasteiger charge is -2.34. The van der Waals surface area contributed by atoms with Crippen LogP contribution in [0.1, 0.15) is 46.0 Å². The highest BCUT2D eigenvalue weighted by Crippen LogP contribution is 2.23. The molecule has 1 saturated heterocycles. The Balaban J connectivity index is 2.65. The summed E-state index contributed by atoms with van der Waals surface area (Å²) in [5.41, 5.74) is 0. The van der Waals surface area contributed by atoms with Crippen molar-refractivity contribution in [1.29, 1.82) is 0 Å². The van der Waals surface area contributed by atoms with Gasteiger partial charge in [-0.3, -0.25) is 0 Å². The number of nitrogens with zero attached hydrogens (tertiary/aromatic N) is 1. The topological polar surface area (TPSA) is 57.6 Å². The average Bonchev–Trinajstić information content (AvgIpc) is 2.28. The Morgan fingerprint density at radius 3 is 2.65 bits per heavy atom. The standard InChI is InChI=1S/C12H25NO3S/c1-11(2)7-10-17(15,16)13-8-4-3-5-12(13)6-9-14/h11-12,14H,3-10H2,1-2H3. The first-order valence-electron chi connectivity index (χ1n) is 6.57. The Morgan fingerprint density at radius 1 is 1.35 bits per heavy atom. The molecule has 0 radical (unpaired) electrons. The fourth-order valence-corrected chi connectivity index (χ4v) is 4.36. The van der Waals surface area contributed by atoms with Crippen molar-refractivity contribution < 1.29 is 13.5 Å². The third-order valence-electron chi connectivity index (χ3n) is 3.35. The Kier molecular flexibility index (Phi) is 5.89. The van der Waals surface area contributed by atoms with E-state index in [0.717, 1.165) is 19.3 Å². The highest BCUT2D eigenvalue weighted by atomic mass is 32.2. The van der Waals surface area contributed by atoms with Crippen molar-refractivity contribution in [2.75, 3.05) is 18.9 Å². The normalized spacial score (nSPS) is 23.2. The van der Waals surface area contributed by atoms with Crippen LogP contribution in [0.3, 0.4) is 0 Å². The van der Waals surface area contributed by atoms with Gasteiger partial charge in [-0.05, 0) is 31.6 Å². The maximum atomic E-state index is 12.2. The zero-order valence-electron chi connectivity index (χ0n) is 10.9. The third-order valence-corrected chi connectivity index (χ3v) is 5.29. The molecule has 1 aliphatic rings. The molecular formula is C12H25NO3S. The first-order valence-corrected chi connectivity index (χ1v) is 8.18. The van der Waals surface area contributed by atoms with Crippen LogP contribution in [0, 0.1) is 5.92 Å². The summed E-state index contributed by atoms with van der Waals surface area (Å²) in [6.07, 6.45) is 4.19. The first-order chi connectivity index (χ1) is 7.97. The minimum Gasteiger partial charge on any atom is -0.396 e. The molecule has 1 rings (SSSR count). The van der Waals surface area contributed by atoms with Gasteiger partial charge in [0.15, 0.2) is 0 Å². The number of hydrogen-bond acceptors (Lipinski definition) is 3. The van der Waals surface area contributed by atoms with Crippen LogP contribution in [0.25, 0.3) is 0 Å². The lowest BCUT2D eigenvalue weighted by atomic mass is 10.0. The van der Waals surface area contributed by atoms with E-state index in [0.29, 0.717) is 25.3 Å². The Bertz CT molecular complexity index is 312. The fraction of sp³-hybridized carbons (Fsp3) is 1.00. The summed E-state index contributed by atoms with van der Waals surface area (Å²) >= 11 is 0. The molecule has 1 aliphatic heterocycles. The summed E-state index contributed by atoms with van der Waals surface area (Å²) in [5.74, 6) is 0.651. The van der Waals surface area contributed by atoms with Crippen LogP contribution in [-0.2, 0) is 10.0 Å². The monoisotopic (exact) mass is 263 g/mol. The Hall–Kier alpha value is -0.130. The predicted octanol–water partition coefficient (Wildman–Crippen LogP) is 1.60. The number of aliphatic hydroxyl groups excluding tert-OH is 1. The first kappa shape index (κ1) is 14.9. The maximum Gasteiger partial charge on any atom is 0.214 e.